The molecule has 0 radical (unpaired) electrons. The first-order valence-corrected chi connectivity index (χ1v) is 7.06. The number of sulfone groups is 1. The Kier molecular flexibility index (Phi) is 4.32. The molecule has 10 heteroatoms. The number of amides is 1. The van der Waals surface area contributed by atoms with Crippen LogP contribution in [0.1, 0.15) is 15.4 Å². The van der Waals surface area contributed by atoms with Crippen molar-refractivity contribution in [3.63, 3.8) is 0 Å². The monoisotopic (exact) mass is 302 g/mol. The third-order valence-electron chi connectivity index (χ3n) is 1.87. The van der Waals surface area contributed by atoms with Crippen LogP contribution in [0.2, 0.25) is 0 Å². The van der Waals surface area contributed by atoms with Crippen molar-refractivity contribution in [3.05, 3.63) is 16.6 Å². The number of alkyl halides is 3. The molecule has 0 aliphatic carbocycles. The second kappa shape index (κ2) is 5.22. The number of hydrogen-bond acceptors (Lipinski definition) is 5. The Morgan fingerprint density at radius 3 is 2.56 bits per heavy atom. The minimum Gasteiger partial charge on any atom is -0.350 e. The van der Waals surface area contributed by atoms with Crippen molar-refractivity contribution >= 4 is 27.3 Å². The van der Waals surface area contributed by atoms with E-state index in [-0.39, 0.29) is 5.69 Å². The lowest BCUT2D eigenvalue weighted by atomic mass is 10.3. The predicted octanol–water partition coefficient (Wildman–Crippen LogP) is 1.12. The number of halogens is 3. The minimum absolute atomic E-state index is 0.0573. The molecule has 0 saturated carbocycles. The van der Waals surface area contributed by atoms with Crippen molar-refractivity contribution in [1.29, 1.82) is 0 Å². The smallest absolute Gasteiger partial charge is 0.350 e. The molecule has 0 saturated heterocycles. The molecule has 1 rings (SSSR count). The Morgan fingerprint density at radius 1 is 1.50 bits per heavy atom. The Labute approximate surface area is 105 Å². The Hall–Kier alpha value is -1.16. The quantitative estimate of drug-likeness (QED) is 0.904. The van der Waals surface area contributed by atoms with Crippen molar-refractivity contribution in [3.8, 4) is 0 Å². The van der Waals surface area contributed by atoms with Gasteiger partial charge >= 0.3 is 5.51 Å². The topological polar surface area (TPSA) is 76.1 Å². The summed E-state index contributed by atoms with van der Waals surface area (Å²) < 4.78 is 61.0. The lowest BCUT2D eigenvalue weighted by molar-refractivity contribution is -0.0435. The van der Waals surface area contributed by atoms with Crippen LogP contribution in [-0.4, -0.2) is 36.5 Å². The SMILES string of the molecule is Cc1cc(C(=O)NCCS(=O)(=O)C(F)(F)F)ns1. The van der Waals surface area contributed by atoms with Crippen LogP contribution < -0.4 is 5.32 Å². The third kappa shape index (κ3) is 3.67. The van der Waals surface area contributed by atoms with E-state index in [1.165, 1.54) is 6.07 Å². The molecule has 0 aliphatic heterocycles. The highest BCUT2D eigenvalue weighted by Crippen LogP contribution is 2.23. The molecule has 0 atom stereocenters. The number of carbonyl (C=O) groups excluding carboxylic acids is 1. The maximum Gasteiger partial charge on any atom is 0.497 e. The molecule has 0 bridgehead atoms. The highest BCUT2D eigenvalue weighted by atomic mass is 32.2. The van der Waals surface area contributed by atoms with E-state index >= 15 is 0 Å². The number of carbonyl (C=O) groups is 1. The first kappa shape index (κ1) is 14.9. The van der Waals surface area contributed by atoms with Crippen LogP contribution in [0.15, 0.2) is 6.07 Å². The molecule has 1 aromatic heterocycles. The number of nitrogens with one attached hydrogen (secondary N) is 1. The van der Waals surface area contributed by atoms with Crippen LogP contribution in [-0.2, 0) is 9.84 Å². The summed E-state index contributed by atoms with van der Waals surface area (Å²) in [5.41, 5.74) is -5.24. The highest BCUT2D eigenvalue weighted by Gasteiger charge is 2.44. The molecule has 1 amide bonds. The van der Waals surface area contributed by atoms with Gasteiger partial charge in [0, 0.05) is 11.4 Å². The lowest BCUT2D eigenvalue weighted by Crippen LogP contribution is -2.34. The van der Waals surface area contributed by atoms with E-state index in [0.29, 0.717) is 0 Å². The average Bonchev–Trinajstić information content (AvgIpc) is 2.62. The van der Waals surface area contributed by atoms with Gasteiger partial charge in [0.05, 0.1) is 5.75 Å². The molecule has 0 unspecified atom stereocenters. The third-order valence-corrected chi connectivity index (χ3v) is 4.01. The average molecular weight is 302 g/mol. The summed E-state index contributed by atoms with van der Waals surface area (Å²) in [6.45, 7) is 1.10. The van der Waals surface area contributed by atoms with Gasteiger partial charge < -0.3 is 5.32 Å². The molecule has 0 aliphatic rings. The second-order valence-corrected chi connectivity index (χ2v) is 6.45. The van der Waals surface area contributed by atoms with Gasteiger partial charge in [0.1, 0.15) is 5.69 Å². The number of hydrogen-bond donors (Lipinski definition) is 1. The van der Waals surface area contributed by atoms with E-state index in [9.17, 15) is 26.4 Å². The van der Waals surface area contributed by atoms with Gasteiger partial charge in [-0.05, 0) is 24.5 Å². The van der Waals surface area contributed by atoms with Gasteiger partial charge in [0.15, 0.2) is 0 Å². The Morgan fingerprint density at radius 2 is 2.11 bits per heavy atom. The number of aromatic nitrogens is 1. The normalized spacial score (nSPS) is 12.4. The van der Waals surface area contributed by atoms with E-state index in [2.05, 4.69) is 9.69 Å². The molecule has 1 heterocycles. The van der Waals surface area contributed by atoms with Gasteiger partial charge in [-0.3, -0.25) is 4.79 Å². The van der Waals surface area contributed by atoms with Gasteiger partial charge in [0.25, 0.3) is 5.91 Å². The van der Waals surface area contributed by atoms with E-state index in [0.717, 1.165) is 16.4 Å². The van der Waals surface area contributed by atoms with Gasteiger partial charge in [-0.25, -0.2) is 8.42 Å². The fourth-order valence-electron chi connectivity index (χ4n) is 0.979. The van der Waals surface area contributed by atoms with Crippen LogP contribution in [0.25, 0.3) is 0 Å². The first-order chi connectivity index (χ1) is 8.13. The van der Waals surface area contributed by atoms with E-state index in [1.807, 2.05) is 0 Å². The second-order valence-electron chi connectivity index (χ2n) is 3.34. The van der Waals surface area contributed by atoms with Gasteiger partial charge in [-0.2, -0.15) is 17.5 Å². The summed E-state index contributed by atoms with van der Waals surface area (Å²) >= 11 is 1.07. The van der Waals surface area contributed by atoms with Crippen molar-refractivity contribution in [2.24, 2.45) is 0 Å². The van der Waals surface area contributed by atoms with Crippen LogP contribution in [0.5, 0.6) is 0 Å². The lowest BCUT2D eigenvalue weighted by Gasteiger charge is -2.08. The number of aryl methyl sites for hydroxylation is 1. The van der Waals surface area contributed by atoms with Crippen molar-refractivity contribution in [2.45, 2.75) is 12.4 Å². The molecule has 0 fully saturated rings. The molecule has 5 nitrogen and oxygen atoms in total. The number of nitrogens with zero attached hydrogens (tertiary/aromatic N) is 1. The molecule has 18 heavy (non-hydrogen) atoms. The van der Waals surface area contributed by atoms with Crippen molar-refractivity contribution in [1.82, 2.24) is 9.69 Å². The van der Waals surface area contributed by atoms with Gasteiger partial charge in [-0.1, -0.05) is 0 Å². The highest BCUT2D eigenvalue weighted by molar-refractivity contribution is 7.92. The zero-order valence-corrected chi connectivity index (χ0v) is 10.7. The van der Waals surface area contributed by atoms with Crippen LogP contribution in [0.4, 0.5) is 13.2 Å². The fourth-order valence-corrected chi connectivity index (χ4v) is 2.12. The molecule has 0 spiro atoms. The standard InChI is InChI=1S/C8H9F3N2O3S2/c1-5-4-6(13-17-5)7(14)12-2-3-18(15,16)8(9,10)11/h4H,2-3H2,1H3,(H,12,14). The molecule has 1 N–H and O–H groups in total. The molecule has 1 aromatic rings. The summed E-state index contributed by atoms with van der Waals surface area (Å²) in [5, 5.41) is 2.07. The van der Waals surface area contributed by atoms with Crippen LogP contribution in [0, 0.1) is 6.92 Å². The summed E-state index contributed by atoms with van der Waals surface area (Å²) in [4.78, 5) is 12.1. The summed E-state index contributed by atoms with van der Waals surface area (Å²) in [6, 6.07) is 1.46. The van der Waals surface area contributed by atoms with Gasteiger partial charge in [-0.15, -0.1) is 0 Å². The molecular formula is C8H9F3N2O3S2. The summed E-state index contributed by atoms with van der Waals surface area (Å²) in [6.07, 6.45) is 0. The Balaban J connectivity index is 2.51. The van der Waals surface area contributed by atoms with E-state index in [1.54, 1.807) is 6.92 Å². The maximum absolute atomic E-state index is 12.0. The zero-order chi connectivity index (χ0) is 14.0. The fraction of sp³-hybridized carbons (Fsp3) is 0.500. The summed E-state index contributed by atoms with van der Waals surface area (Å²) in [5.74, 6) is -1.89. The largest absolute Gasteiger partial charge is 0.497 e. The summed E-state index contributed by atoms with van der Waals surface area (Å²) in [7, 11) is -5.20. The molecule has 102 valence electrons. The van der Waals surface area contributed by atoms with E-state index < -0.39 is 33.6 Å². The maximum atomic E-state index is 12.0. The van der Waals surface area contributed by atoms with Crippen molar-refractivity contribution < 1.29 is 26.4 Å². The molecular weight excluding hydrogens is 293 g/mol. The molecule has 0 aromatic carbocycles. The van der Waals surface area contributed by atoms with Crippen LogP contribution >= 0.6 is 11.5 Å². The minimum atomic E-state index is -5.30. The predicted molar refractivity (Wildman–Crippen MR) is 59.0 cm³/mol. The van der Waals surface area contributed by atoms with Gasteiger partial charge in [0.2, 0.25) is 9.84 Å². The van der Waals surface area contributed by atoms with Crippen molar-refractivity contribution in [2.75, 3.05) is 12.3 Å². The zero-order valence-electron chi connectivity index (χ0n) is 9.11. The number of rotatable bonds is 4. The first-order valence-electron chi connectivity index (χ1n) is 4.64. The van der Waals surface area contributed by atoms with Crippen LogP contribution in [0.3, 0.4) is 0 Å². The van der Waals surface area contributed by atoms with E-state index in [4.69, 9.17) is 0 Å². The Bertz CT molecular complexity index is 536.